The highest BCUT2D eigenvalue weighted by Crippen LogP contribution is 2.50. The van der Waals surface area contributed by atoms with Crippen molar-refractivity contribution in [3.63, 3.8) is 0 Å². The fraction of sp³-hybridized carbons (Fsp3) is 0.0222. The molecule has 0 aliphatic carbocycles. The van der Waals surface area contributed by atoms with E-state index in [1.807, 2.05) is 17.4 Å². The minimum Gasteiger partial charge on any atom is -0.308 e. The summed E-state index contributed by atoms with van der Waals surface area (Å²) in [6.07, 6.45) is 6.30. The van der Waals surface area contributed by atoms with E-state index in [0.717, 1.165) is 22.5 Å². The highest BCUT2D eigenvalue weighted by atomic mass is 32.1. The summed E-state index contributed by atoms with van der Waals surface area (Å²) in [6.45, 7) is 6.30. The maximum atomic E-state index is 4.22. The molecule has 9 rings (SSSR count). The molecule has 0 spiro atoms. The van der Waals surface area contributed by atoms with E-state index in [4.69, 9.17) is 0 Å². The van der Waals surface area contributed by atoms with E-state index in [1.54, 1.807) is 0 Å². The summed E-state index contributed by atoms with van der Waals surface area (Å²) in [7, 11) is 0. The smallest absolute Gasteiger partial charge is 0.0640 e. The Morgan fingerprint density at radius 1 is 0.532 bits per heavy atom. The minimum absolute atomic E-state index is 1.13. The van der Waals surface area contributed by atoms with Gasteiger partial charge >= 0.3 is 0 Å². The van der Waals surface area contributed by atoms with Gasteiger partial charge in [0.25, 0.3) is 0 Å². The summed E-state index contributed by atoms with van der Waals surface area (Å²) in [5.74, 6) is 0. The van der Waals surface area contributed by atoms with Crippen molar-refractivity contribution in [1.82, 2.24) is 0 Å². The molecule has 47 heavy (non-hydrogen) atoms. The van der Waals surface area contributed by atoms with Crippen LogP contribution in [0.3, 0.4) is 0 Å². The van der Waals surface area contributed by atoms with Crippen molar-refractivity contribution in [1.29, 1.82) is 0 Å². The van der Waals surface area contributed by atoms with Crippen LogP contribution in [0.4, 0.5) is 17.1 Å². The zero-order valence-electron chi connectivity index (χ0n) is 26.1. The number of rotatable bonds is 5. The number of fused-ring (bicyclic) bond motifs is 10. The summed E-state index contributed by atoms with van der Waals surface area (Å²) in [5, 5.41) is 12.7. The molecule has 1 heterocycles. The Balaban J connectivity index is 1.44. The number of allylic oxidation sites excluding steroid dienone is 1. The van der Waals surface area contributed by atoms with Gasteiger partial charge in [0.05, 0.1) is 16.1 Å². The first kappa shape index (κ1) is 27.6. The molecule has 1 aromatic heterocycles. The minimum atomic E-state index is 1.13. The molecule has 0 bridgehead atoms. The average Bonchev–Trinajstić information content (AvgIpc) is 3.53. The standard InChI is InChI=1S/C45H31NS/c1-3-14-31-28-42(37-20-10-7-17-34(37)33(31)4-2)46(32-26-25-29-15-5-6-16-30(29)27-32)41-24-13-23-40-43-38-21-11-8-18-35(38)36-19-9-12-22-39(36)45(43)47-44(40)41/h3-28H,2H2,1H3/b14-3-. The molecule has 2 heteroatoms. The van der Waals surface area contributed by atoms with Gasteiger partial charge in [-0.25, -0.2) is 0 Å². The normalized spacial score (nSPS) is 11.9. The van der Waals surface area contributed by atoms with Crippen LogP contribution in [0.25, 0.3) is 75.4 Å². The third-order valence-electron chi connectivity index (χ3n) is 9.47. The van der Waals surface area contributed by atoms with E-state index >= 15 is 0 Å². The van der Waals surface area contributed by atoms with Crippen LogP contribution in [-0.2, 0) is 0 Å². The molecular formula is C45H31NS. The maximum Gasteiger partial charge on any atom is 0.0640 e. The topological polar surface area (TPSA) is 3.24 Å². The predicted molar refractivity (Wildman–Crippen MR) is 209 cm³/mol. The Kier molecular flexibility index (Phi) is 6.45. The molecule has 1 nitrogen and oxygen atoms in total. The molecule has 0 amide bonds. The molecule has 0 atom stereocenters. The molecule has 222 valence electrons. The van der Waals surface area contributed by atoms with Crippen LogP contribution in [0, 0.1) is 0 Å². The lowest BCUT2D eigenvalue weighted by Crippen LogP contribution is -2.11. The van der Waals surface area contributed by atoms with Gasteiger partial charge in [0, 0.05) is 31.9 Å². The highest BCUT2D eigenvalue weighted by Gasteiger charge is 2.23. The number of anilines is 3. The highest BCUT2D eigenvalue weighted by molar-refractivity contribution is 7.27. The molecular weight excluding hydrogens is 587 g/mol. The third-order valence-corrected chi connectivity index (χ3v) is 10.7. The van der Waals surface area contributed by atoms with E-state index in [2.05, 4.69) is 170 Å². The summed E-state index contributed by atoms with van der Waals surface area (Å²) in [4.78, 5) is 2.48. The van der Waals surface area contributed by atoms with Crippen molar-refractivity contribution in [3.8, 4) is 0 Å². The number of thiophene rings is 1. The van der Waals surface area contributed by atoms with Crippen LogP contribution in [-0.4, -0.2) is 0 Å². The average molecular weight is 618 g/mol. The Morgan fingerprint density at radius 2 is 1.17 bits per heavy atom. The molecule has 0 radical (unpaired) electrons. The first-order chi connectivity index (χ1) is 23.2. The van der Waals surface area contributed by atoms with Gasteiger partial charge in [0.15, 0.2) is 0 Å². The van der Waals surface area contributed by atoms with Gasteiger partial charge in [0.2, 0.25) is 0 Å². The lowest BCUT2D eigenvalue weighted by atomic mass is 9.95. The lowest BCUT2D eigenvalue weighted by Gasteiger charge is -2.29. The van der Waals surface area contributed by atoms with Crippen molar-refractivity contribution in [2.24, 2.45) is 0 Å². The molecule has 0 aliphatic rings. The SMILES string of the molecule is C=Cc1c(/C=C\C)cc(N(c2ccc3ccccc3c2)c2cccc3c2sc2c4ccccc4c4ccccc4c32)c2ccccc12. The quantitative estimate of drug-likeness (QED) is 0.174. The van der Waals surface area contributed by atoms with Crippen LogP contribution in [0.5, 0.6) is 0 Å². The van der Waals surface area contributed by atoms with Gasteiger partial charge in [-0.2, -0.15) is 0 Å². The molecule has 0 fully saturated rings. The summed E-state index contributed by atoms with van der Waals surface area (Å²) < 4.78 is 2.61. The monoisotopic (exact) mass is 617 g/mol. The van der Waals surface area contributed by atoms with Gasteiger partial charge in [-0.05, 0) is 74.6 Å². The van der Waals surface area contributed by atoms with Crippen molar-refractivity contribution >= 4 is 104 Å². The third kappa shape index (κ3) is 4.22. The first-order valence-corrected chi connectivity index (χ1v) is 16.9. The predicted octanol–water partition coefficient (Wildman–Crippen LogP) is 13.8. The molecule has 0 saturated heterocycles. The number of hydrogen-bond donors (Lipinski definition) is 0. The second kappa shape index (κ2) is 11.0. The lowest BCUT2D eigenvalue weighted by molar-refractivity contribution is 1.32. The Labute approximate surface area is 277 Å². The van der Waals surface area contributed by atoms with E-state index in [0.29, 0.717) is 0 Å². The van der Waals surface area contributed by atoms with Gasteiger partial charge < -0.3 is 4.90 Å². The fourth-order valence-electron chi connectivity index (χ4n) is 7.44. The fourth-order valence-corrected chi connectivity index (χ4v) is 8.80. The molecule has 9 aromatic rings. The van der Waals surface area contributed by atoms with Crippen LogP contribution in [0.2, 0.25) is 0 Å². The van der Waals surface area contributed by atoms with Crippen LogP contribution in [0.15, 0.2) is 152 Å². The van der Waals surface area contributed by atoms with Crippen LogP contribution < -0.4 is 4.90 Å². The van der Waals surface area contributed by atoms with Gasteiger partial charge in [0.1, 0.15) is 0 Å². The largest absolute Gasteiger partial charge is 0.308 e. The van der Waals surface area contributed by atoms with E-state index in [1.165, 1.54) is 68.9 Å². The van der Waals surface area contributed by atoms with Crippen LogP contribution >= 0.6 is 11.3 Å². The summed E-state index contributed by atoms with van der Waals surface area (Å²) in [6, 6.07) is 51.1. The van der Waals surface area contributed by atoms with E-state index in [9.17, 15) is 0 Å². The first-order valence-electron chi connectivity index (χ1n) is 16.1. The van der Waals surface area contributed by atoms with Gasteiger partial charge in [-0.3, -0.25) is 0 Å². The molecule has 8 aromatic carbocycles. The number of nitrogens with zero attached hydrogens (tertiary/aromatic N) is 1. The van der Waals surface area contributed by atoms with Crippen molar-refractivity contribution in [3.05, 3.63) is 163 Å². The van der Waals surface area contributed by atoms with E-state index < -0.39 is 0 Å². The molecule has 0 aliphatic heterocycles. The van der Waals surface area contributed by atoms with Gasteiger partial charge in [-0.1, -0.05) is 140 Å². The van der Waals surface area contributed by atoms with Crippen LogP contribution in [0.1, 0.15) is 18.1 Å². The number of hydrogen-bond acceptors (Lipinski definition) is 2. The van der Waals surface area contributed by atoms with Crippen molar-refractivity contribution in [2.45, 2.75) is 6.92 Å². The maximum absolute atomic E-state index is 4.22. The second-order valence-corrected chi connectivity index (χ2v) is 13.1. The summed E-state index contributed by atoms with van der Waals surface area (Å²) >= 11 is 1.91. The Morgan fingerprint density at radius 3 is 1.94 bits per heavy atom. The van der Waals surface area contributed by atoms with Gasteiger partial charge in [-0.15, -0.1) is 11.3 Å². The molecule has 0 N–H and O–H groups in total. The zero-order valence-corrected chi connectivity index (χ0v) is 26.9. The Hall–Kier alpha value is -5.70. The Bertz CT molecular complexity index is 2730. The van der Waals surface area contributed by atoms with Crippen molar-refractivity contribution < 1.29 is 0 Å². The van der Waals surface area contributed by atoms with Crippen molar-refractivity contribution in [2.75, 3.05) is 4.90 Å². The summed E-state index contributed by atoms with van der Waals surface area (Å²) in [5.41, 5.74) is 5.76. The van der Waals surface area contributed by atoms with E-state index in [-0.39, 0.29) is 0 Å². The molecule has 0 saturated carbocycles. The zero-order chi connectivity index (χ0) is 31.5. The molecule has 0 unspecified atom stereocenters. The second-order valence-electron chi connectivity index (χ2n) is 12.1. The number of benzene rings is 8.